The van der Waals surface area contributed by atoms with Crippen molar-refractivity contribution in [3.8, 4) is 0 Å². The van der Waals surface area contributed by atoms with Crippen molar-refractivity contribution in [1.82, 2.24) is 15.3 Å². The first kappa shape index (κ1) is 14.4. The molecule has 1 aromatic heterocycles. The van der Waals surface area contributed by atoms with Crippen molar-refractivity contribution in [1.29, 1.82) is 0 Å². The Morgan fingerprint density at radius 1 is 1.21 bits per heavy atom. The van der Waals surface area contributed by atoms with Crippen molar-refractivity contribution in [2.75, 3.05) is 13.2 Å². The van der Waals surface area contributed by atoms with Crippen LogP contribution in [0.2, 0.25) is 0 Å². The summed E-state index contributed by atoms with van der Waals surface area (Å²) in [6.45, 7) is 5.91. The highest BCUT2D eigenvalue weighted by Gasteiger charge is 2.41. The Bertz CT molecular complexity index is 357. The van der Waals surface area contributed by atoms with Crippen molar-refractivity contribution >= 4 is 0 Å². The molecule has 0 aromatic carbocycles. The highest BCUT2D eigenvalue weighted by molar-refractivity contribution is 5.16. The molecule has 1 aliphatic rings. The molecule has 19 heavy (non-hydrogen) atoms. The van der Waals surface area contributed by atoms with Gasteiger partial charge in [0.25, 0.3) is 0 Å². The second-order valence-electron chi connectivity index (χ2n) is 5.22. The van der Waals surface area contributed by atoms with E-state index in [9.17, 15) is 0 Å². The van der Waals surface area contributed by atoms with E-state index in [-0.39, 0.29) is 11.6 Å². The molecule has 1 heterocycles. The first-order valence-electron chi connectivity index (χ1n) is 7.44. The molecule has 0 aliphatic heterocycles. The summed E-state index contributed by atoms with van der Waals surface area (Å²) in [6.07, 6.45) is 11.5. The summed E-state index contributed by atoms with van der Waals surface area (Å²) in [5.74, 6) is 0. The van der Waals surface area contributed by atoms with Crippen molar-refractivity contribution in [3.63, 3.8) is 0 Å². The lowest BCUT2D eigenvalue weighted by atomic mass is 9.77. The van der Waals surface area contributed by atoms with E-state index in [1.807, 2.05) is 12.4 Å². The summed E-state index contributed by atoms with van der Waals surface area (Å²) < 4.78 is 6.22. The van der Waals surface area contributed by atoms with Crippen molar-refractivity contribution in [3.05, 3.63) is 24.3 Å². The molecule has 1 aromatic rings. The molecule has 0 bridgehead atoms. The molecule has 0 saturated heterocycles. The molecule has 4 nitrogen and oxygen atoms in total. The highest BCUT2D eigenvalue weighted by Crippen LogP contribution is 2.41. The van der Waals surface area contributed by atoms with Crippen LogP contribution in [-0.2, 0) is 4.74 Å². The first-order valence-corrected chi connectivity index (χ1v) is 7.44. The molecule has 1 fully saturated rings. The number of rotatable bonds is 6. The van der Waals surface area contributed by atoms with Crippen LogP contribution in [0.15, 0.2) is 18.7 Å². The van der Waals surface area contributed by atoms with Gasteiger partial charge in [0.15, 0.2) is 0 Å². The van der Waals surface area contributed by atoms with Crippen LogP contribution in [-0.4, -0.2) is 28.7 Å². The zero-order chi connectivity index (χ0) is 13.6. The summed E-state index contributed by atoms with van der Waals surface area (Å²) >= 11 is 0. The van der Waals surface area contributed by atoms with Gasteiger partial charge in [0.05, 0.1) is 11.6 Å². The predicted octanol–water partition coefficient (Wildman–Crippen LogP) is 2.87. The number of nitrogens with one attached hydrogen (secondary N) is 1. The van der Waals surface area contributed by atoms with Gasteiger partial charge in [-0.15, -0.1) is 0 Å². The molecule has 4 heteroatoms. The number of nitrogens with zero attached hydrogens (tertiary/aromatic N) is 2. The molecule has 106 valence electrons. The Hall–Kier alpha value is -1.00. The van der Waals surface area contributed by atoms with E-state index in [0.29, 0.717) is 0 Å². The third-order valence-electron chi connectivity index (χ3n) is 3.98. The molecule has 0 amide bonds. The van der Waals surface area contributed by atoms with Crippen LogP contribution in [0.1, 0.15) is 57.6 Å². The van der Waals surface area contributed by atoms with E-state index in [0.717, 1.165) is 31.6 Å². The smallest absolute Gasteiger partial charge is 0.115 e. The lowest BCUT2D eigenvalue weighted by molar-refractivity contribution is -0.0911. The van der Waals surface area contributed by atoms with Crippen LogP contribution in [0.3, 0.4) is 0 Å². The summed E-state index contributed by atoms with van der Waals surface area (Å²) in [5.41, 5.74) is 1.05. The average molecular weight is 263 g/mol. The molecule has 1 N–H and O–H groups in total. The molecule has 1 atom stereocenters. The molecule has 1 aliphatic carbocycles. The normalized spacial score (nSPS) is 20.1. The van der Waals surface area contributed by atoms with Crippen LogP contribution in [0, 0.1) is 0 Å². The molecular weight excluding hydrogens is 238 g/mol. The van der Waals surface area contributed by atoms with Gasteiger partial charge in [-0.3, -0.25) is 0 Å². The van der Waals surface area contributed by atoms with Crippen molar-refractivity contribution < 1.29 is 4.74 Å². The zero-order valence-corrected chi connectivity index (χ0v) is 12.1. The minimum Gasteiger partial charge on any atom is -0.373 e. The second kappa shape index (κ2) is 6.96. The summed E-state index contributed by atoms with van der Waals surface area (Å²) in [7, 11) is 0. The van der Waals surface area contributed by atoms with Gasteiger partial charge in [-0.2, -0.15) is 0 Å². The van der Waals surface area contributed by atoms with Gasteiger partial charge in [-0.25, -0.2) is 9.97 Å². The number of hydrogen-bond acceptors (Lipinski definition) is 4. The van der Waals surface area contributed by atoms with E-state index in [1.54, 1.807) is 6.33 Å². The maximum absolute atomic E-state index is 6.22. The fraction of sp³-hybridized carbons (Fsp3) is 0.733. The van der Waals surface area contributed by atoms with Gasteiger partial charge in [0.1, 0.15) is 6.33 Å². The van der Waals surface area contributed by atoms with Crippen molar-refractivity contribution in [2.24, 2.45) is 0 Å². The van der Waals surface area contributed by atoms with Gasteiger partial charge in [-0.1, -0.05) is 26.2 Å². The largest absolute Gasteiger partial charge is 0.373 e. The summed E-state index contributed by atoms with van der Waals surface area (Å²) in [5, 5.41) is 3.59. The SMILES string of the molecule is CCNC(c1cncnc1)C1(OCC)CCCCC1. The monoisotopic (exact) mass is 263 g/mol. The molecule has 1 saturated carbocycles. The number of hydrogen-bond donors (Lipinski definition) is 1. The lowest BCUT2D eigenvalue weighted by Gasteiger charge is -2.43. The van der Waals surface area contributed by atoms with E-state index in [4.69, 9.17) is 4.74 Å². The second-order valence-corrected chi connectivity index (χ2v) is 5.22. The molecule has 0 radical (unpaired) electrons. The fourth-order valence-electron chi connectivity index (χ4n) is 3.23. The molecule has 2 rings (SSSR count). The number of aromatic nitrogens is 2. The van der Waals surface area contributed by atoms with Crippen LogP contribution in [0.25, 0.3) is 0 Å². The third-order valence-corrected chi connectivity index (χ3v) is 3.98. The topological polar surface area (TPSA) is 47.0 Å². The first-order chi connectivity index (χ1) is 9.32. The maximum Gasteiger partial charge on any atom is 0.115 e. The van der Waals surface area contributed by atoms with Crippen molar-refractivity contribution in [2.45, 2.75) is 57.6 Å². The van der Waals surface area contributed by atoms with Gasteiger partial charge < -0.3 is 10.1 Å². The minimum atomic E-state index is -0.0896. The van der Waals surface area contributed by atoms with Crippen LogP contribution >= 0.6 is 0 Å². The van der Waals surface area contributed by atoms with Gasteiger partial charge in [0.2, 0.25) is 0 Å². The Morgan fingerprint density at radius 3 is 2.47 bits per heavy atom. The van der Waals surface area contributed by atoms with Crippen LogP contribution in [0.5, 0.6) is 0 Å². The summed E-state index contributed by atoms with van der Waals surface area (Å²) in [6, 6.07) is 0.193. The quantitative estimate of drug-likeness (QED) is 0.857. The molecule has 1 unspecified atom stereocenters. The number of likely N-dealkylation sites (N-methyl/N-ethyl adjacent to an activating group) is 1. The lowest BCUT2D eigenvalue weighted by Crippen LogP contribution is -2.47. The van der Waals surface area contributed by atoms with Crippen LogP contribution < -0.4 is 5.32 Å². The Morgan fingerprint density at radius 2 is 1.89 bits per heavy atom. The minimum absolute atomic E-state index is 0.0896. The third kappa shape index (κ3) is 3.31. The zero-order valence-electron chi connectivity index (χ0n) is 12.1. The fourth-order valence-corrected chi connectivity index (χ4v) is 3.23. The predicted molar refractivity (Wildman–Crippen MR) is 75.9 cm³/mol. The average Bonchev–Trinajstić information content (AvgIpc) is 2.47. The standard InChI is InChI=1S/C15H25N3O/c1-3-18-14(13-10-16-12-17-11-13)15(19-4-2)8-6-5-7-9-15/h10-12,14,18H,3-9H2,1-2H3. The van der Waals surface area contributed by atoms with Gasteiger partial charge in [-0.05, 0) is 26.3 Å². The Balaban J connectivity index is 2.28. The maximum atomic E-state index is 6.22. The van der Waals surface area contributed by atoms with Gasteiger partial charge >= 0.3 is 0 Å². The van der Waals surface area contributed by atoms with E-state index >= 15 is 0 Å². The van der Waals surface area contributed by atoms with E-state index < -0.39 is 0 Å². The van der Waals surface area contributed by atoms with Gasteiger partial charge in [0, 0.05) is 24.6 Å². The van der Waals surface area contributed by atoms with E-state index in [1.165, 1.54) is 19.3 Å². The Labute approximate surface area is 116 Å². The summed E-state index contributed by atoms with van der Waals surface area (Å²) in [4.78, 5) is 8.33. The van der Waals surface area contributed by atoms with E-state index in [2.05, 4.69) is 29.1 Å². The molecular formula is C15H25N3O. The highest BCUT2D eigenvalue weighted by atomic mass is 16.5. The number of ether oxygens (including phenoxy) is 1. The Kier molecular flexibility index (Phi) is 5.28. The molecule has 0 spiro atoms. The van der Waals surface area contributed by atoms with Crippen LogP contribution in [0.4, 0.5) is 0 Å².